The molecule has 2 aromatic rings. The molecule has 1 aromatic heterocycles. The summed E-state index contributed by atoms with van der Waals surface area (Å²) in [4.78, 5) is 18.4. The molecule has 0 bridgehead atoms. The van der Waals surface area contributed by atoms with Crippen LogP contribution in [0.1, 0.15) is 11.3 Å². The zero-order valence-electron chi connectivity index (χ0n) is 10.3. The van der Waals surface area contributed by atoms with Gasteiger partial charge in [0.05, 0.1) is 23.0 Å². The van der Waals surface area contributed by atoms with E-state index in [-0.39, 0.29) is 23.2 Å². The highest BCUT2D eigenvalue weighted by Crippen LogP contribution is 2.34. The molecule has 0 radical (unpaired) electrons. The quantitative estimate of drug-likeness (QED) is 0.615. The fourth-order valence-electron chi connectivity index (χ4n) is 1.60. The summed E-state index contributed by atoms with van der Waals surface area (Å²) in [6.45, 7) is 1.81. The molecule has 0 amide bonds. The van der Waals surface area contributed by atoms with Crippen LogP contribution in [0.5, 0.6) is 5.75 Å². The molecule has 2 rings (SSSR count). The molecule has 0 atom stereocenters. The third-order valence-corrected chi connectivity index (χ3v) is 3.11. The Labute approximate surface area is 128 Å². The summed E-state index contributed by atoms with van der Waals surface area (Å²) in [5.74, 6) is 0.218. The van der Waals surface area contributed by atoms with E-state index in [1.807, 2.05) is 0 Å². The van der Waals surface area contributed by atoms with Crippen LogP contribution in [0.2, 0.25) is 5.15 Å². The zero-order valence-corrected chi connectivity index (χ0v) is 12.7. The molecule has 0 saturated carbocycles. The first-order valence-corrected chi connectivity index (χ1v) is 6.68. The van der Waals surface area contributed by atoms with Crippen molar-refractivity contribution in [1.82, 2.24) is 9.97 Å². The monoisotopic (exact) mass is 357 g/mol. The third kappa shape index (κ3) is 3.43. The lowest BCUT2D eigenvalue weighted by atomic mass is 10.2. The summed E-state index contributed by atoms with van der Waals surface area (Å²) in [7, 11) is 0. The van der Waals surface area contributed by atoms with Crippen LogP contribution in [0.25, 0.3) is 0 Å². The highest BCUT2D eigenvalue weighted by molar-refractivity contribution is 9.10. The number of rotatable bonds is 4. The second-order valence-corrected chi connectivity index (χ2v) is 5.25. The lowest BCUT2D eigenvalue weighted by Crippen LogP contribution is -2.03. The highest BCUT2D eigenvalue weighted by atomic mass is 79.9. The standard InChI is InChI=1S/C12H9BrClN3O3/c1-7-2-8(13)3-10(17(18)19)12(7)20-6-9-4-16-11(14)5-15-9/h2-5H,6H2,1H3. The number of halogens is 2. The minimum atomic E-state index is -0.485. The Morgan fingerprint density at radius 2 is 2.15 bits per heavy atom. The van der Waals surface area contributed by atoms with Crippen molar-refractivity contribution in [1.29, 1.82) is 0 Å². The minimum absolute atomic E-state index is 0.0769. The van der Waals surface area contributed by atoms with Crippen molar-refractivity contribution in [2.45, 2.75) is 13.5 Å². The molecule has 0 unspecified atom stereocenters. The van der Waals surface area contributed by atoms with Crippen molar-refractivity contribution in [3.8, 4) is 5.75 Å². The maximum absolute atomic E-state index is 11.0. The number of hydrogen-bond acceptors (Lipinski definition) is 5. The van der Waals surface area contributed by atoms with Crippen molar-refractivity contribution in [3.63, 3.8) is 0 Å². The van der Waals surface area contributed by atoms with Crippen LogP contribution in [0, 0.1) is 17.0 Å². The minimum Gasteiger partial charge on any atom is -0.480 e. The van der Waals surface area contributed by atoms with E-state index in [0.717, 1.165) is 0 Å². The van der Waals surface area contributed by atoms with Gasteiger partial charge in [0.15, 0.2) is 0 Å². The molecule has 0 N–H and O–H groups in total. The summed E-state index contributed by atoms with van der Waals surface area (Å²) in [6.07, 6.45) is 2.85. The average Bonchev–Trinajstić information content (AvgIpc) is 2.38. The molecular weight excluding hydrogens is 350 g/mol. The molecule has 6 nitrogen and oxygen atoms in total. The first-order chi connectivity index (χ1) is 9.47. The van der Waals surface area contributed by atoms with Gasteiger partial charge in [-0.1, -0.05) is 27.5 Å². The SMILES string of the molecule is Cc1cc(Br)cc([N+](=O)[O-])c1OCc1cnc(Cl)cn1. The van der Waals surface area contributed by atoms with E-state index in [1.54, 1.807) is 13.0 Å². The van der Waals surface area contributed by atoms with Gasteiger partial charge in [0.2, 0.25) is 5.75 Å². The summed E-state index contributed by atoms with van der Waals surface area (Å²) < 4.78 is 6.13. The molecule has 0 spiro atoms. The van der Waals surface area contributed by atoms with Crippen LogP contribution in [0.4, 0.5) is 5.69 Å². The van der Waals surface area contributed by atoms with E-state index in [4.69, 9.17) is 16.3 Å². The van der Waals surface area contributed by atoms with E-state index in [2.05, 4.69) is 25.9 Å². The van der Waals surface area contributed by atoms with Gasteiger partial charge < -0.3 is 4.74 Å². The molecule has 20 heavy (non-hydrogen) atoms. The predicted molar refractivity (Wildman–Crippen MR) is 76.9 cm³/mol. The molecule has 0 fully saturated rings. The Morgan fingerprint density at radius 3 is 2.75 bits per heavy atom. The number of benzene rings is 1. The van der Waals surface area contributed by atoms with Crippen LogP contribution in [-0.2, 0) is 6.61 Å². The van der Waals surface area contributed by atoms with Crippen LogP contribution < -0.4 is 4.74 Å². The number of aryl methyl sites for hydroxylation is 1. The van der Waals surface area contributed by atoms with Gasteiger partial charge in [-0.2, -0.15) is 0 Å². The van der Waals surface area contributed by atoms with Crippen molar-refractivity contribution in [2.24, 2.45) is 0 Å². The zero-order chi connectivity index (χ0) is 14.7. The summed E-state index contributed by atoms with van der Waals surface area (Å²) >= 11 is 8.85. The molecule has 104 valence electrons. The van der Waals surface area contributed by atoms with Crippen LogP contribution in [-0.4, -0.2) is 14.9 Å². The smallest absolute Gasteiger partial charge is 0.312 e. The topological polar surface area (TPSA) is 78.2 Å². The lowest BCUT2D eigenvalue weighted by molar-refractivity contribution is -0.386. The van der Waals surface area contributed by atoms with Crippen molar-refractivity contribution < 1.29 is 9.66 Å². The molecule has 1 aromatic carbocycles. The number of nitrogens with zero attached hydrogens (tertiary/aromatic N) is 3. The van der Waals surface area contributed by atoms with Gasteiger partial charge >= 0.3 is 5.69 Å². The van der Waals surface area contributed by atoms with Gasteiger partial charge in [0.1, 0.15) is 11.8 Å². The van der Waals surface area contributed by atoms with Gasteiger partial charge in [0.25, 0.3) is 0 Å². The summed E-state index contributed by atoms with van der Waals surface area (Å²) in [5.41, 5.74) is 1.10. The van der Waals surface area contributed by atoms with Gasteiger partial charge in [-0.3, -0.25) is 15.1 Å². The van der Waals surface area contributed by atoms with Gasteiger partial charge in [0, 0.05) is 10.5 Å². The Bertz CT molecular complexity index is 649. The molecule has 8 heteroatoms. The van der Waals surface area contributed by atoms with E-state index in [9.17, 15) is 10.1 Å². The second kappa shape index (κ2) is 6.15. The Balaban J connectivity index is 2.24. The molecular formula is C12H9BrClN3O3. The first-order valence-electron chi connectivity index (χ1n) is 5.51. The summed E-state index contributed by atoms with van der Waals surface area (Å²) in [6, 6.07) is 3.14. The molecule has 0 aliphatic carbocycles. The predicted octanol–water partition coefficient (Wildman–Crippen LogP) is 3.69. The molecule has 1 heterocycles. The number of aromatic nitrogens is 2. The number of hydrogen-bond donors (Lipinski definition) is 0. The van der Waals surface area contributed by atoms with E-state index < -0.39 is 4.92 Å². The van der Waals surface area contributed by atoms with Gasteiger partial charge in [-0.25, -0.2) is 4.98 Å². The number of ether oxygens (including phenoxy) is 1. The Hall–Kier alpha value is -1.73. The maximum Gasteiger partial charge on any atom is 0.312 e. The number of nitro benzene ring substituents is 1. The fourth-order valence-corrected chi connectivity index (χ4v) is 2.25. The third-order valence-electron chi connectivity index (χ3n) is 2.45. The Morgan fingerprint density at radius 1 is 1.40 bits per heavy atom. The molecule has 0 saturated heterocycles. The van der Waals surface area contributed by atoms with E-state index >= 15 is 0 Å². The maximum atomic E-state index is 11.0. The van der Waals surface area contributed by atoms with Gasteiger partial charge in [-0.05, 0) is 18.6 Å². The lowest BCUT2D eigenvalue weighted by Gasteiger charge is -2.09. The van der Waals surface area contributed by atoms with E-state index in [0.29, 0.717) is 15.7 Å². The van der Waals surface area contributed by atoms with Crippen LogP contribution >= 0.6 is 27.5 Å². The number of nitro groups is 1. The molecule has 0 aliphatic rings. The van der Waals surface area contributed by atoms with Crippen molar-refractivity contribution >= 4 is 33.2 Å². The first kappa shape index (κ1) is 14.7. The van der Waals surface area contributed by atoms with E-state index in [1.165, 1.54) is 18.5 Å². The summed E-state index contributed by atoms with van der Waals surface area (Å²) in [5, 5.41) is 11.3. The Kier molecular flexibility index (Phi) is 4.51. The second-order valence-electron chi connectivity index (χ2n) is 3.95. The van der Waals surface area contributed by atoms with Crippen molar-refractivity contribution in [3.05, 3.63) is 55.5 Å². The largest absolute Gasteiger partial charge is 0.480 e. The fraction of sp³-hybridized carbons (Fsp3) is 0.167. The average molecular weight is 359 g/mol. The van der Waals surface area contributed by atoms with Gasteiger partial charge in [-0.15, -0.1) is 0 Å². The molecule has 0 aliphatic heterocycles. The highest BCUT2D eigenvalue weighted by Gasteiger charge is 2.19. The van der Waals surface area contributed by atoms with Crippen LogP contribution in [0.15, 0.2) is 29.0 Å². The normalized spacial score (nSPS) is 10.3. The van der Waals surface area contributed by atoms with Crippen LogP contribution in [0.3, 0.4) is 0 Å². The van der Waals surface area contributed by atoms with Crippen molar-refractivity contribution in [2.75, 3.05) is 0 Å².